The van der Waals surface area contributed by atoms with Gasteiger partial charge in [0.2, 0.25) is 0 Å². The maximum Gasteiger partial charge on any atom is 0.167 e. The van der Waals surface area contributed by atoms with Crippen LogP contribution in [0.3, 0.4) is 0 Å². The molecule has 1 heterocycles. The second kappa shape index (κ2) is 5.95. The first kappa shape index (κ1) is 13.9. The molecule has 94 valence electrons. The lowest BCUT2D eigenvalue weighted by molar-refractivity contribution is 0.0936. The maximum atomic E-state index is 12.3. The number of hydrogen-bond acceptors (Lipinski definition) is 2. The molecule has 1 aromatic heterocycles. The molecule has 0 fully saturated rings. The summed E-state index contributed by atoms with van der Waals surface area (Å²) in [6, 6.07) is 1.99. The number of pyridine rings is 1. The Kier molecular flexibility index (Phi) is 4.86. The number of rotatable bonds is 5. The van der Waals surface area contributed by atoms with Gasteiger partial charge in [0, 0.05) is 17.7 Å². The molecule has 0 amide bonds. The van der Waals surface area contributed by atoms with Gasteiger partial charge in [-0.2, -0.15) is 0 Å². The molecule has 0 aliphatic carbocycles. The first-order chi connectivity index (χ1) is 7.99. The molecule has 0 spiro atoms. The van der Waals surface area contributed by atoms with Crippen LogP contribution in [0.25, 0.3) is 0 Å². The Labute approximate surface area is 104 Å². The smallest absolute Gasteiger partial charge is 0.167 e. The number of hydrogen-bond donors (Lipinski definition) is 0. The van der Waals surface area contributed by atoms with Crippen molar-refractivity contribution in [3.05, 3.63) is 29.1 Å². The second-order valence-electron chi connectivity index (χ2n) is 5.15. The van der Waals surface area contributed by atoms with Crippen molar-refractivity contribution >= 4 is 5.78 Å². The van der Waals surface area contributed by atoms with Crippen molar-refractivity contribution in [1.29, 1.82) is 0 Å². The monoisotopic (exact) mass is 233 g/mol. The van der Waals surface area contributed by atoms with Crippen LogP contribution in [0.2, 0.25) is 0 Å². The lowest BCUT2D eigenvalue weighted by Crippen LogP contribution is -2.15. The molecule has 0 aliphatic rings. The molecular formula is C15H23NO. The molecule has 0 radical (unpaired) electrons. The van der Waals surface area contributed by atoms with E-state index in [0.717, 1.165) is 29.7 Å². The summed E-state index contributed by atoms with van der Waals surface area (Å²) in [5.74, 6) is 0.557. The fourth-order valence-electron chi connectivity index (χ4n) is 2.01. The van der Waals surface area contributed by atoms with Gasteiger partial charge in [-0.15, -0.1) is 0 Å². The van der Waals surface area contributed by atoms with Crippen LogP contribution >= 0.6 is 0 Å². The zero-order chi connectivity index (χ0) is 13.0. The minimum Gasteiger partial charge on any atom is -0.294 e. The van der Waals surface area contributed by atoms with Gasteiger partial charge >= 0.3 is 0 Å². The van der Waals surface area contributed by atoms with Gasteiger partial charge in [-0.3, -0.25) is 9.78 Å². The average Bonchev–Trinajstić information content (AvgIpc) is 2.28. The molecule has 0 bridgehead atoms. The van der Waals surface area contributed by atoms with E-state index in [1.165, 1.54) is 0 Å². The van der Waals surface area contributed by atoms with Crippen LogP contribution in [0.5, 0.6) is 0 Å². The van der Waals surface area contributed by atoms with E-state index in [1.54, 1.807) is 0 Å². The highest BCUT2D eigenvalue weighted by Gasteiger charge is 2.21. The SMILES string of the molecule is CCCc1ccnc(C(C)C)c1C(=O)C(C)C. The van der Waals surface area contributed by atoms with E-state index in [4.69, 9.17) is 0 Å². The topological polar surface area (TPSA) is 30.0 Å². The van der Waals surface area contributed by atoms with E-state index < -0.39 is 0 Å². The van der Waals surface area contributed by atoms with Gasteiger partial charge < -0.3 is 0 Å². The maximum absolute atomic E-state index is 12.3. The van der Waals surface area contributed by atoms with Gasteiger partial charge in [0.25, 0.3) is 0 Å². The number of carbonyl (C=O) groups is 1. The number of nitrogens with zero attached hydrogens (tertiary/aromatic N) is 1. The van der Waals surface area contributed by atoms with Crippen LogP contribution in [-0.4, -0.2) is 10.8 Å². The first-order valence-electron chi connectivity index (χ1n) is 6.51. The van der Waals surface area contributed by atoms with E-state index in [1.807, 2.05) is 26.1 Å². The predicted molar refractivity (Wildman–Crippen MR) is 71.5 cm³/mol. The largest absolute Gasteiger partial charge is 0.294 e. The zero-order valence-electron chi connectivity index (χ0n) is 11.6. The minimum absolute atomic E-state index is 0.0345. The van der Waals surface area contributed by atoms with Crippen molar-refractivity contribution < 1.29 is 4.79 Å². The van der Waals surface area contributed by atoms with E-state index in [2.05, 4.69) is 25.8 Å². The highest BCUT2D eigenvalue weighted by molar-refractivity contribution is 5.99. The second-order valence-corrected chi connectivity index (χ2v) is 5.15. The zero-order valence-corrected chi connectivity index (χ0v) is 11.6. The molecule has 0 N–H and O–H groups in total. The Hall–Kier alpha value is -1.18. The fourth-order valence-corrected chi connectivity index (χ4v) is 2.01. The van der Waals surface area contributed by atoms with E-state index in [0.29, 0.717) is 5.92 Å². The van der Waals surface area contributed by atoms with Crippen LogP contribution in [0.15, 0.2) is 12.3 Å². The van der Waals surface area contributed by atoms with Crippen molar-refractivity contribution in [2.24, 2.45) is 5.92 Å². The molecule has 1 aromatic rings. The Morgan fingerprint density at radius 1 is 1.29 bits per heavy atom. The van der Waals surface area contributed by atoms with Crippen molar-refractivity contribution in [2.45, 2.75) is 53.4 Å². The van der Waals surface area contributed by atoms with Gasteiger partial charge in [-0.25, -0.2) is 0 Å². The minimum atomic E-state index is 0.0345. The number of aromatic nitrogens is 1. The molecule has 0 aromatic carbocycles. The van der Waals surface area contributed by atoms with Crippen LogP contribution < -0.4 is 0 Å². The fraction of sp³-hybridized carbons (Fsp3) is 0.600. The van der Waals surface area contributed by atoms with Crippen molar-refractivity contribution in [3.63, 3.8) is 0 Å². The van der Waals surface area contributed by atoms with Crippen LogP contribution in [0, 0.1) is 5.92 Å². The Balaban J connectivity index is 3.33. The standard InChI is InChI=1S/C15H23NO/c1-6-7-12-8-9-16-14(10(2)3)13(12)15(17)11(4)5/h8-11H,6-7H2,1-5H3. The average molecular weight is 233 g/mol. The normalized spacial score (nSPS) is 11.2. The number of aryl methyl sites for hydroxylation is 1. The molecule has 0 atom stereocenters. The molecule has 0 unspecified atom stereocenters. The summed E-state index contributed by atoms with van der Waals surface area (Å²) in [6.45, 7) is 10.2. The molecule has 17 heavy (non-hydrogen) atoms. The summed E-state index contributed by atoms with van der Waals surface area (Å²) in [5.41, 5.74) is 2.99. The first-order valence-corrected chi connectivity index (χ1v) is 6.51. The summed E-state index contributed by atoms with van der Waals surface area (Å²) in [5, 5.41) is 0. The summed E-state index contributed by atoms with van der Waals surface area (Å²) >= 11 is 0. The van der Waals surface area contributed by atoms with Gasteiger partial charge in [-0.05, 0) is 24.0 Å². The summed E-state index contributed by atoms with van der Waals surface area (Å²) in [7, 11) is 0. The predicted octanol–water partition coefficient (Wildman–Crippen LogP) is 4.00. The summed E-state index contributed by atoms with van der Waals surface area (Å²) in [6.07, 6.45) is 3.84. The lowest BCUT2D eigenvalue weighted by Gasteiger charge is -2.16. The summed E-state index contributed by atoms with van der Waals surface area (Å²) < 4.78 is 0. The molecule has 0 saturated heterocycles. The number of Topliss-reactive ketones (excluding diaryl/α,β-unsaturated/α-hetero) is 1. The Morgan fingerprint density at radius 3 is 2.41 bits per heavy atom. The van der Waals surface area contributed by atoms with E-state index in [9.17, 15) is 4.79 Å². The third-order valence-electron chi connectivity index (χ3n) is 2.90. The third-order valence-corrected chi connectivity index (χ3v) is 2.90. The van der Waals surface area contributed by atoms with Crippen LogP contribution in [-0.2, 0) is 6.42 Å². The molecule has 2 heteroatoms. The third kappa shape index (κ3) is 3.15. The van der Waals surface area contributed by atoms with Gasteiger partial charge in [0.15, 0.2) is 5.78 Å². The van der Waals surface area contributed by atoms with Crippen molar-refractivity contribution in [3.8, 4) is 0 Å². The van der Waals surface area contributed by atoms with Gasteiger partial charge in [0.1, 0.15) is 0 Å². The van der Waals surface area contributed by atoms with Gasteiger partial charge in [0.05, 0.1) is 5.69 Å². The number of ketones is 1. The molecule has 2 nitrogen and oxygen atoms in total. The quantitative estimate of drug-likeness (QED) is 0.720. The summed E-state index contributed by atoms with van der Waals surface area (Å²) in [4.78, 5) is 16.7. The van der Waals surface area contributed by atoms with E-state index in [-0.39, 0.29) is 11.7 Å². The van der Waals surface area contributed by atoms with Crippen molar-refractivity contribution in [2.75, 3.05) is 0 Å². The molecule has 1 rings (SSSR count). The highest BCUT2D eigenvalue weighted by atomic mass is 16.1. The van der Waals surface area contributed by atoms with Gasteiger partial charge in [-0.1, -0.05) is 41.0 Å². The molecule has 0 saturated carbocycles. The number of carbonyl (C=O) groups excluding carboxylic acids is 1. The van der Waals surface area contributed by atoms with Crippen LogP contribution in [0.4, 0.5) is 0 Å². The van der Waals surface area contributed by atoms with Crippen LogP contribution in [0.1, 0.15) is 68.6 Å². The van der Waals surface area contributed by atoms with Crippen molar-refractivity contribution in [1.82, 2.24) is 4.98 Å². The Bertz CT molecular complexity index is 394. The highest BCUT2D eigenvalue weighted by Crippen LogP contribution is 2.24. The lowest BCUT2D eigenvalue weighted by atomic mass is 9.90. The van der Waals surface area contributed by atoms with E-state index >= 15 is 0 Å². The molecular weight excluding hydrogens is 210 g/mol. The Morgan fingerprint density at radius 2 is 1.94 bits per heavy atom. The molecule has 0 aliphatic heterocycles.